The molecule has 0 saturated heterocycles. The van der Waals surface area contributed by atoms with Gasteiger partial charge in [0.2, 0.25) is 0 Å². The topological polar surface area (TPSA) is 9.23 Å². The largest absolute Gasteiger partial charge is 0.493 e. The van der Waals surface area contributed by atoms with Crippen molar-refractivity contribution in [1.29, 1.82) is 0 Å². The Morgan fingerprint density at radius 1 is 1.33 bits per heavy atom. The van der Waals surface area contributed by atoms with E-state index in [1.807, 2.05) is 12.1 Å². The third-order valence-corrected chi connectivity index (χ3v) is 3.38. The molecule has 84 valence electrons. The Morgan fingerprint density at radius 2 is 2.07 bits per heavy atom. The SMILES string of the molecule is CCC(CS)COc1cccc(C)c1C. The van der Waals surface area contributed by atoms with Crippen molar-refractivity contribution in [2.75, 3.05) is 12.4 Å². The van der Waals surface area contributed by atoms with Crippen LogP contribution in [-0.2, 0) is 0 Å². The van der Waals surface area contributed by atoms with Gasteiger partial charge in [-0.25, -0.2) is 0 Å². The summed E-state index contributed by atoms with van der Waals surface area (Å²) >= 11 is 4.31. The average molecular weight is 224 g/mol. The molecule has 0 radical (unpaired) electrons. The van der Waals surface area contributed by atoms with Gasteiger partial charge in [0, 0.05) is 5.92 Å². The monoisotopic (exact) mass is 224 g/mol. The summed E-state index contributed by atoms with van der Waals surface area (Å²) in [6, 6.07) is 6.19. The molecule has 0 spiro atoms. The van der Waals surface area contributed by atoms with Gasteiger partial charge in [0.25, 0.3) is 0 Å². The molecule has 1 unspecified atom stereocenters. The summed E-state index contributed by atoms with van der Waals surface area (Å²) in [5.74, 6) is 2.45. The Labute approximate surface area is 98.3 Å². The molecule has 1 aromatic carbocycles. The first-order valence-electron chi connectivity index (χ1n) is 5.48. The smallest absolute Gasteiger partial charge is 0.122 e. The van der Waals surface area contributed by atoms with E-state index in [-0.39, 0.29) is 0 Å². The highest BCUT2D eigenvalue weighted by Crippen LogP contribution is 2.21. The number of benzene rings is 1. The number of rotatable bonds is 5. The lowest BCUT2D eigenvalue weighted by Gasteiger charge is -2.15. The highest BCUT2D eigenvalue weighted by atomic mass is 32.1. The molecule has 0 aromatic heterocycles. The van der Waals surface area contributed by atoms with Gasteiger partial charge < -0.3 is 4.74 Å². The van der Waals surface area contributed by atoms with E-state index in [1.165, 1.54) is 11.1 Å². The van der Waals surface area contributed by atoms with E-state index in [9.17, 15) is 0 Å². The predicted molar refractivity (Wildman–Crippen MR) is 69.0 cm³/mol. The third-order valence-electron chi connectivity index (χ3n) is 2.87. The summed E-state index contributed by atoms with van der Waals surface area (Å²) in [6.45, 7) is 7.15. The molecule has 0 aliphatic carbocycles. The molecule has 0 bridgehead atoms. The van der Waals surface area contributed by atoms with Gasteiger partial charge in [-0.3, -0.25) is 0 Å². The van der Waals surface area contributed by atoms with E-state index in [1.54, 1.807) is 0 Å². The maximum atomic E-state index is 5.81. The van der Waals surface area contributed by atoms with Gasteiger partial charge in [0.1, 0.15) is 5.75 Å². The molecule has 1 rings (SSSR count). The Kier molecular flexibility index (Phi) is 5.03. The van der Waals surface area contributed by atoms with Crippen molar-refractivity contribution in [2.24, 2.45) is 5.92 Å². The highest BCUT2D eigenvalue weighted by Gasteiger charge is 2.06. The highest BCUT2D eigenvalue weighted by molar-refractivity contribution is 7.80. The average Bonchev–Trinajstić information content (AvgIpc) is 2.25. The number of hydrogen-bond acceptors (Lipinski definition) is 2. The van der Waals surface area contributed by atoms with Crippen LogP contribution >= 0.6 is 12.6 Å². The van der Waals surface area contributed by atoms with Crippen LogP contribution in [0.1, 0.15) is 24.5 Å². The van der Waals surface area contributed by atoms with Crippen LogP contribution in [0.2, 0.25) is 0 Å². The fourth-order valence-corrected chi connectivity index (χ4v) is 1.75. The van der Waals surface area contributed by atoms with Crippen LogP contribution in [0.5, 0.6) is 5.75 Å². The molecule has 0 aliphatic heterocycles. The third kappa shape index (κ3) is 3.45. The van der Waals surface area contributed by atoms with E-state index in [4.69, 9.17) is 4.74 Å². The molecular weight excluding hydrogens is 204 g/mol. The number of ether oxygens (including phenoxy) is 1. The molecule has 0 fully saturated rings. The lowest BCUT2D eigenvalue weighted by Crippen LogP contribution is -2.13. The van der Waals surface area contributed by atoms with Crippen LogP contribution in [0.15, 0.2) is 18.2 Å². The minimum absolute atomic E-state index is 0.549. The predicted octanol–water partition coefficient (Wildman–Crippen LogP) is 3.64. The molecule has 1 nitrogen and oxygen atoms in total. The zero-order valence-electron chi connectivity index (χ0n) is 9.79. The van der Waals surface area contributed by atoms with Crippen LogP contribution < -0.4 is 4.74 Å². The zero-order valence-corrected chi connectivity index (χ0v) is 10.7. The van der Waals surface area contributed by atoms with Crippen LogP contribution in [0.3, 0.4) is 0 Å². The fourth-order valence-electron chi connectivity index (χ4n) is 1.39. The second-order valence-corrected chi connectivity index (χ2v) is 4.33. The minimum Gasteiger partial charge on any atom is -0.493 e. The minimum atomic E-state index is 0.549. The summed E-state index contributed by atoms with van der Waals surface area (Å²) in [4.78, 5) is 0. The Balaban J connectivity index is 2.61. The maximum Gasteiger partial charge on any atom is 0.122 e. The summed E-state index contributed by atoms with van der Waals surface area (Å²) in [5.41, 5.74) is 2.53. The van der Waals surface area contributed by atoms with Crippen LogP contribution in [0, 0.1) is 19.8 Å². The molecule has 1 aromatic rings. The molecule has 0 aliphatic rings. The van der Waals surface area contributed by atoms with E-state index in [0.717, 1.165) is 24.5 Å². The molecule has 0 heterocycles. The first kappa shape index (κ1) is 12.4. The van der Waals surface area contributed by atoms with Gasteiger partial charge in [0.15, 0.2) is 0 Å². The molecule has 0 N–H and O–H groups in total. The maximum absolute atomic E-state index is 5.81. The van der Waals surface area contributed by atoms with Crippen molar-refractivity contribution in [1.82, 2.24) is 0 Å². The molecule has 2 heteroatoms. The first-order valence-corrected chi connectivity index (χ1v) is 6.12. The van der Waals surface area contributed by atoms with Crippen molar-refractivity contribution in [3.05, 3.63) is 29.3 Å². The quantitative estimate of drug-likeness (QED) is 0.751. The molecular formula is C13H20OS. The molecule has 1 atom stereocenters. The van der Waals surface area contributed by atoms with E-state index < -0.39 is 0 Å². The summed E-state index contributed by atoms with van der Waals surface area (Å²) in [5, 5.41) is 0. The van der Waals surface area contributed by atoms with E-state index in [0.29, 0.717) is 5.92 Å². The van der Waals surface area contributed by atoms with Gasteiger partial charge in [0.05, 0.1) is 6.61 Å². The second kappa shape index (κ2) is 6.06. The van der Waals surface area contributed by atoms with Crippen LogP contribution in [-0.4, -0.2) is 12.4 Å². The van der Waals surface area contributed by atoms with Crippen molar-refractivity contribution in [3.8, 4) is 5.75 Å². The van der Waals surface area contributed by atoms with Crippen LogP contribution in [0.4, 0.5) is 0 Å². The molecule has 15 heavy (non-hydrogen) atoms. The lowest BCUT2D eigenvalue weighted by molar-refractivity contribution is 0.258. The van der Waals surface area contributed by atoms with E-state index >= 15 is 0 Å². The van der Waals surface area contributed by atoms with Gasteiger partial charge >= 0.3 is 0 Å². The van der Waals surface area contributed by atoms with Crippen molar-refractivity contribution in [3.63, 3.8) is 0 Å². The molecule has 0 saturated carbocycles. The first-order chi connectivity index (χ1) is 7.19. The summed E-state index contributed by atoms with van der Waals surface area (Å²) in [7, 11) is 0. The van der Waals surface area contributed by atoms with Gasteiger partial charge in [-0.1, -0.05) is 19.1 Å². The number of aryl methyl sites for hydroxylation is 1. The lowest BCUT2D eigenvalue weighted by atomic mass is 10.1. The Hall–Kier alpha value is -0.630. The summed E-state index contributed by atoms with van der Waals surface area (Å²) in [6.07, 6.45) is 1.12. The normalized spacial score (nSPS) is 12.5. The standard InChI is InChI=1S/C13H20OS/c1-4-12(9-15)8-14-13-7-5-6-10(2)11(13)3/h5-7,12,15H,4,8-9H2,1-3H3. The van der Waals surface area contributed by atoms with Gasteiger partial charge in [-0.15, -0.1) is 0 Å². The number of hydrogen-bond donors (Lipinski definition) is 1. The fraction of sp³-hybridized carbons (Fsp3) is 0.538. The van der Waals surface area contributed by atoms with Gasteiger partial charge in [-0.05, 0) is 43.2 Å². The zero-order chi connectivity index (χ0) is 11.3. The van der Waals surface area contributed by atoms with Gasteiger partial charge in [-0.2, -0.15) is 12.6 Å². The molecule has 0 amide bonds. The second-order valence-electron chi connectivity index (χ2n) is 3.97. The Morgan fingerprint density at radius 3 is 2.67 bits per heavy atom. The van der Waals surface area contributed by atoms with Crippen molar-refractivity contribution in [2.45, 2.75) is 27.2 Å². The van der Waals surface area contributed by atoms with Crippen LogP contribution in [0.25, 0.3) is 0 Å². The van der Waals surface area contributed by atoms with Crippen molar-refractivity contribution < 1.29 is 4.74 Å². The number of thiol groups is 1. The van der Waals surface area contributed by atoms with E-state index in [2.05, 4.69) is 39.5 Å². The van der Waals surface area contributed by atoms with Crippen molar-refractivity contribution >= 4 is 12.6 Å². The Bertz CT molecular complexity index is 305. The summed E-state index contributed by atoms with van der Waals surface area (Å²) < 4.78 is 5.81.